The number of aryl methyl sites for hydroxylation is 1. The van der Waals surface area contributed by atoms with E-state index in [4.69, 9.17) is 10.5 Å². The lowest BCUT2D eigenvalue weighted by atomic mass is 10.1. The molecule has 1 heterocycles. The van der Waals surface area contributed by atoms with E-state index in [1.807, 2.05) is 0 Å². The lowest BCUT2D eigenvalue weighted by molar-refractivity contribution is 0.0954. The molecule has 0 aliphatic heterocycles. The summed E-state index contributed by atoms with van der Waals surface area (Å²) in [6, 6.07) is 6.59. The highest BCUT2D eigenvalue weighted by Gasteiger charge is 2.15. The topological polar surface area (TPSA) is 99.2 Å². The zero-order chi connectivity index (χ0) is 16.8. The molecule has 2 rings (SSSR count). The molecular formula is C16H16N4O3. The van der Waals surface area contributed by atoms with Crippen molar-refractivity contribution in [1.29, 1.82) is 0 Å². The van der Waals surface area contributed by atoms with E-state index in [-0.39, 0.29) is 18.3 Å². The summed E-state index contributed by atoms with van der Waals surface area (Å²) in [5.41, 5.74) is 6.66. The minimum atomic E-state index is -0.484. The Morgan fingerprint density at radius 1 is 1.35 bits per heavy atom. The van der Waals surface area contributed by atoms with Gasteiger partial charge in [0.15, 0.2) is 0 Å². The predicted molar refractivity (Wildman–Crippen MR) is 83.9 cm³/mol. The number of nitrogens with two attached hydrogens (primary N) is 1. The van der Waals surface area contributed by atoms with Gasteiger partial charge < -0.3 is 15.8 Å². The van der Waals surface area contributed by atoms with Gasteiger partial charge in [0.1, 0.15) is 5.56 Å². The normalized spacial score (nSPS) is 9.65. The van der Waals surface area contributed by atoms with Gasteiger partial charge in [-0.3, -0.25) is 14.3 Å². The first kappa shape index (κ1) is 16.1. The number of ether oxygens (including phenoxy) is 1. The minimum absolute atomic E-state index is 0.175. The van der Waals surface area contributed by atoms with Crippen LogP contribution in [0.15, 0.2) is 30.5 Å². The summed E-state index contributed by atoms with van der Waals surface area (Å²) in [4.78, 5) is 23.0. The second kappa shape index (κ2) is 7.13. The number of amides is 2. The molecule has 0 unspecified atom stereocenters. The predicted octanol–water partition coefficient (Wildman–Crippen LogP) is 0.309. The maximum atomic E-state index is 12.0. The van der Waals surface area contributed by atoms with Crippen molar-refractivity contribution in [2.45, 2.75) is 0 Å². The van der Waals surface area contributed by atoms with Crippen LogP contribution in [0.5, 0.6) is 5.88 Å². The SMILES string of the molecule is COc1nn(C)cc1C(=O)NCC#Cc1ccc(C(N)=O)cc1. The fourth-order valence-corrected chi connectivity index (χ4v) is 1.86. The summed E-state index contributed by atoms with van der Waals surface area (Å²) < 4.78 is 6.53. The van der Waals surface area contributed by atoms with Crippen molar-refractivity contribution < 1.29 is 14.3 Å². The van der Waals surface area contributed by atoms with Gasteiger partial charge in [0.2, 0.25) is 11.8 Å². The molecule has 0 atom stereocenters. The molecule has 2 aromatic rings. The summed E-state index contributed by atoms with van der Waals surface area (Å²) >= 11 is 0. The van der Waals surface area contributed by atoms with Crippen LogP contribution in [-0.4, -0.2) is 35.2 Å². The van der Waals surface area contributed by atoms with Crippen LogP contribution in [0.1, 0.15) is 26.3 Å². The molecule has 23 heavy (non-hydrogen) atoms. The van der Waals surface area contributed by atoms with Crippen LogP contribution >= 0.6 is 0 Å². The van der Waals surface area contributed by atoms with Gasteiger partial charge in [-0.1, -0.05) is 11.8 Å². The number of hydrogen-bond donors (Lipinski definition) is 2. The quantitative estimate of drug-likeness (QED) is 0.794. The van der Waals surface area contributed by atoms with Crippen molar-refractivity contribution in [3.05, 3.63) is 47.2 Å². The molecule has 0 aliphatic carbocycles. The van der Waals surface area contributed by atoms with Crippen molar-refractivity contribution in [2.75, 3.05) is 13.7 Å². The Kier molecular flexibility index (Phi) is 5.00. The van der Waals surface area contributed by atoms with E-state index in [1.165, 1.54) is 11.8 Å². The molecule has 3 N–H and O–H groups in total. The Morgan fingerprint density at radius 2 is 2.04 bits per heavy atom. The third-order valence-electron chi connectivity index (χ3n) is 2.97. The van der Waals surface area contributed by atoms with Gasteiger partial charge in [-0.05, 0) is 24.3 Å². The Balaban J connectivity index is 1.94. The van der Waals surface area contributed by atoms with E-state index in [2.05, 4.69) is 22.3 Å². The fourth-order valence-electron chi connectivity index (χ4n) is 1.86. The first-order chi connectivity index (χ1) is 11.0. The second-order valence-corrected chi connectivity index (χ2v) is 4.65. The molecule has 2 amide bonds. The van der Waals surface area contributed by atoms with Crippen LogP contribution in [0.4, 0.5) is 0 Å². The number of hydrogen-bond acceptors (Lipinski definition) is 4. The number of carbonyl (C=O) groups excluding carboxylic acids is 2. The van der Waals surface area contributed by atoms with E-state index < -0.39 is 5.91 Å². The zero-order valence-corrected chi connectivity index (χ0v) is 12.8. The van der Waals surface area contributed by atoms with Gasteiger partial charge in [-0.25, -0.2) is 0 Å². The maximum Gasteiger partial charge on any atom is 0.259 e. The largest absolute Gasteiger partial charge is 0.479 e. The fraction of sp³-hybridized carbons (Fsp3) is 0.188. The maximum absolute atomic E-state index is 12.0. The standard InChI is InChI=1S/C16H16N4O3/c1-20-10-13(16(19-20)23-2)15(22)18-9-3-4-11-5-7-12(8-6-11)14(17)21/h5-8,10H,9H2,1-2H3,(H2,17,21)(H,18,22). The monoisotopic (exact) mass is 312 g/mol. The van der Waals surface area contributed by atoms with Gasteiger partial charge in [0.05, 0.1) is 13.7 Å². The van der Waals surface area contributed by atoms with E-state index >= 15 is 0 Å². The van der Waals surface area contributed by atoms with Crippen molar-refractivity contribution in [2.24, 2.45) is 12.8 Å². The average molecular weight is 312 g/mol. The van der Waals surface area contributed by atoms with Crippen molar-refractivity contribution in [1.82, 2.24) is 15.1 Å². The molecular weight excluding hydrogens is 296 g/mol. The molecule has 0 saturated heterocycles. The number of nitrogens with zero attached hydrogens (tertiary/aromatic N) is 2. The van der Waals surface area contributed by atoms with Crippen LogP contribution in [0.25, 0.3) is 0 Å². The summed E-state index contributed by atoms with van der Waals surface area (Å²) in [7, 11) is 3.16. The van der Waals surface area contributed by atoms with E-state index in [0.717, 1.165) is 5.56 Å². The van der Waals surface area contributed by atoms with Crippen LogP contribution in [0, 0.1) is 11.8 Å². The summed E-state index contributed by atoms with van der Waals surface area (Å²) in [5.74, 6) is 5.18. The second-order valence-electron chi connectivity index (χ2n) is 4.65. The molecule has 0 spiro atoms. The van der Waals surface area contributed by atoms with Crippen LogP contribution in [-0.2, 0) is 7.05 Å². The number of carbonyl (C=O) groups is 2. The molecule has 1 aromatic carbocycles. The third kappa shape index (κ3) is 4.11. The molecule has 7 nitrogen and oxygen atoms in total. The smallest absolute Gasteiger partial charge is 0.259 e. The minimum Gasteiger partial charge on any atom is -0.479 e. The molecule has 7 heteroatoms. The lowest BCUT2D eigenvalue weighted by Gasteiger charge is -2.00. The number of aromatic nitrogens is 2. The van der Waals surface area contributed by atoms with Crippen LogP contribution in [0.3, 0.4) is 0 Å². The Labute approximate surface area is 133 Å². The van der Waals surface area contributed by atoms with Crippen molar-refractivity contribution in [3.8, 4) is 17.7 Å². The molecule has 0 radical (unpaired) electrons. The Hall–Kier alpha value is -3.27. The average Bonchev–Trinajstić information content (AvgIpc) is 2.93. The van der Waals surface area contributed by atoms with Crippen molar-refractivity contribution >= 4 is 11.8 Å². The third-order valence-corrected chi connectivity index (χ3v) is 2.97. The Morgan fingerprint density at radius 3 is 2.65 bits per heavy atom. The number of benzene rings is 1. The summed E-state index contributed by atoms with van der Waals surface area (Å²) in [6.45, 7) is 0.175. The molecule has 0 bridgehead atoms. The van der Waals surface area contributed by atoms with E-state index in [0.29, 0.717) is 11.1 Å². The lowest BCUT2D eigenvalue weighted by Crippen LogP contribution is -2.23. The number of nitrogens with one attached hydrogen (secondary N) is 1. The number of rotatable bonds is 4. The van der Waals surface area contributed by atoms with Gasteiger partial charge in [0, 0.05) is 24.4 Å². The van der Waals surface area contributed by atoms with Crippen LogP contribution in [0.2, 0.25) is 0 Å². The highest BCUT2D eigenvalue weighted by Crippen LogP contribution is 2.13. The number of primary amides is 1. The summed E-state index contributed by atoms with van der Waals surface area (Å²) in [6.07, 6.45) is 1.57. The van der Waals surface area contributed by atoms with Crippen LogP contribution < -0.4 is 15.8 Å². The first-order valence-electron chi connectivity index (χ1n) is 6.76. The molecule has 0 fully saturated rings. The number of methoxy groups -OCH3 is 1. The van der Waals surface area contributed by atoms with Gasteiger partial charge in [0.25, 0.3) is 5.91 Å². The van der Waals surface area contributed by atoms with Crippen molar-refractivity contribution in [3.63, 3.8) is 0 Å². The van der Waals surface area contributed by atoms with Gasteiger partial charge >= 0.3 is 0 Å². The molecule has 0 saturated carbocycles. The van der Waals surface area contributed by atoms with E-state index in [1.54, 1.807) is 37.5 Å². The summed E-state index contributed by atoms with van der Waals surface area (Å²) in [5, 5.41) is 6.68. The highest BCUT2D eigenvalue weighted by atomic mass is 16.5. The molecule has 0 aliphatic rings. The first-order valence-corrected chi connectivity index (χ1v) is 6.76. The highest BCUT2D eigenvalue weighted by molar-refractivity contribution is 5.96. The van der Waals surface area contributed by atoms with Gasteiger partial charge in [-0.15, -0.1) is 5.10 Å². The zero-order valence-electron chi connectivity index (χ0n) is 12.8. The van der Waals surface area contributed by atoms with Gasteiger partial charge in [-0.2, -0.15) is 0 Å². The molecule has 1 aromatic heterocycles. The van der Waals surface area contributed by atoms with E-state index in [9.17, 15) is 9.59 Å². The Bertz CT molecular complexity index is 782. The molecule has 118 valence electrons.